The Hall–Kier alpha value is -0.160. The summed E-state index contributed by atoms with van der Waals surface area (Å²) in [6.07, 6.45) is 16.6. The van der Waals surface area contributed by atoms with Crippen molar-refractivity contribution in [2.24, 2.45) is 5.73 Å². The summed E-state index contributed by atoms with van der Waals surface area (Å²) >= 11 is 0. The zero-order valence-corrected chi connectivity index (χ0v) is 14.6. The first-order valence-electron chi connectivity index (χ1n) is 9.35. The lowest BCUT2D eigenvalue weighted by atomic mass is 9.99. The van der Waals surface area contributed by atoms with Gasteiger partial charge in [0.2, 0.25) is 0 Å². The van der Waals surface area contributed by atoms with Crippen LogP contribution in [0.4, 0.5) is 0 Å². The predicted molar refractivity (Wildman–Crippen MR) is 92.5 cm³/mol. The molecule has 5 N–H and O–H groups in total. The smallest absolute Gasteiger partial charge is 0.180 e. The van der Waals surface area contributed by atoms with E-state index in [0.717, 1.165) is 19.3 Å². The lowest BCUT2D eigenvalue weighted by Crippen LogP contribution is -2.50. The fourth-order valence-electron chi connectivity index (χ4n) is 2.73. The topological polar surface area (TPSA) is 86.7 Å². The van der Waals surface area contributed by atoms with Crippen molar-refractivity contribution in [3.05, 3.63) is 0 Å². The minimum Gasteiger partial charge on any atom is -0.395 e. The van der Waals surface area contributed by atoms with E-state index < -0.39 is 18.4 Å². The molecule has 0 spiro atoms. The highest BCUT2D eigenvalue weighted by Crippen LogP contribution is 2.17. The number of hydrogen-bond donors (Lipinski definition) is 4. The van der Waals surface area contributed by atoms with Gasteiger partial charge in [-0.3, -0.25) is 0 Å². The van der Waals surface area contributed by atoms with Gasteiger partial charge in [0.25, 0.3) is 0 Å². The molecule has 0 aliphatic carbocycles. The summed E-state index contributed by atoms with van der Waals surface area (Å²) in [4.78, 5) is 0. The van der Waals surface area contributed by atoms with E-state index in [4.69, 9.17) is 10.8 Å². The van der Waals surface area contributed by atoms with Crippen LogP contribution in [0.3, 0.4) is 0 Å². The van der Waals surface area contributed by atoms with Gasteiger partial charge >= 0.3 is 0 Å². The van der Waals surface area contributed by atoms with Gasteiger partial charge in [0.15, 0.2) is 5.79 Å². The van der Waals surface area contributed by atoms with E-state index >= 15 is 0 Å². The molecule has 0 saturated carbocycles. The van der Waals surface area contributed by atoms with Gasteiger partial charge in [-0.1, -0.05) is 84.0 Å². The molecule has 0 aromatic heterocycles. The van der Waals surface area contributed by atoms with Crippen LogP contribution in [0, 0.1) is 0 Å². The molecule has 4 nitrogen and oxygen atoms in total. The molecule has 0 rings (SSSR count). The van der Waals surface area contributed by atoms with Crippen molar-refractivity contribution in [2.75, 3.05) is 6.61 Å². The zero-order valence-electron chi connectivity index (χ0n) is 14.6. The van der Waals surface area contributed by atoms with Crippen molar-refractivity contribution in [2.45, 2.75) is 109 Å². The van der Waals surface area contributed by atoms with Gasteiger partial charge in [-0.15, -0.1) is 0 Å². The first-order chi connectivity index (χ1) is 10.5. The fraction of sp³-hybridized carbons (Fsp3) is 1.00. The quantitative estimate of drug-likeness (QED) is 0.259. The average molecular weight is 318 g/mol. The maximum absolute atomic E-state index is 9.63. The van der Waals surface area contributed by atoms with Crippen molar-refractivity contribution < 1.29 is 15.3 Å². The van der Waals surface area contributed by atoms with Crippen LogP contribution in [0.5, 0.6) is 0 Å². The predicted octanol–water partition coefficient (Wildman–Crippen LogP) is 3.47. The van der Waals surface area contributed by atoms with Crippen LogP contribution in [0.25, 0.3) is 0 Å². The van der Waals surface area contributed by atoms with Gasteiger partial charge in [0.1, 0.15) is 0 Å². The molecule has 134 valence electrons. The highest BCUT2D eigenvalue weighted by Gasteiger charge is 2.30. The summed E-state index contributed by atoms with van der Waals surface area (Å²) in [5, 5.41) is 28.1. The number of nitrogens with two attached hydrogens (primary N) is 1. The molecule has 0 saturated heterocycles. The molecule has 0 fully saturated rings. The summed E-state index contributed by atoms with van der Waals surface area (Å²) in [7, 11) is 0. The SMILES string of the molecule is CCCCCCCCCCCCCCCC(O)(O)[C@@H](N)CO. The van der Waals surface area contributed by atoms with E-state index in [0.29, 0.717) is 0 Å². The first-order valence-corrected chi connectivity index (χ1v) is 9.35. The van der Waals surface area contributed by atoms with E-state index in [1.54, 1.807) is 0 Å². The second kappa shape index (κ2) is 14.4. The highest BCUT2D eigenvalue weighted by molar-refractivity contribution is 4.78. The van der Waals surface area contributed by atoms with Crippen LogP contribution in [-0.2, 0) is 0 Å². The summed E-state index contributed by atoms with van der Waals surface area (Å²) in [6.45, 7) is 1.85. The third kappa shape index (κ3) is 12.4. The number of rotatable bonds is 16. The van der Waals surface area contributed by atoms with Crippen molar-refractivity contribution in [1.82, 2.24) is 0 Å². The van der Waals surface area contributed by atoms with Gasteiger partial charge in [0.05, 0.1) is 12.6 Å². The van der Waals surface area contributed by atoms with E-state index in [9.17, 15) is 10.2 Å². The van der Waals surface area contributed by atoms with Crippen molar-refractivity contribution >= 4 is 0 Å². The molecular formula is C18H39NO3. The molecule has 0 bridgehead atoms. The summed E-state index contributed by atoms with van der Waals surface area (Å²) in [5.74, 6) is -1.92. The second-order valence-corrected chi connectivity index (χ2v) is 6.66. The normalized spacial score (nSPS) is 13.5. The van der Waals surface area contributed by atoms with Crippen molar-refractivity contribution in [3.8, 4) is 0 Å². The molecule has 0 amide bonds. The molecule has 0 heterocycles. The minimum atomic E-state index is -1.92. The Labute approximate surface area is 137 Å². The number of aliphatic hydroxyl groups is 3. The van der Waals surface area contributed by atoms with Crippen LogP contribution in [0.1, 0.15) is 96.8 Å². The largest absolute Gasteiger partial charge is 0.395 e. The third-order valence-corrected chi connectivity index (χ3v) is 4.44. The molecule has 1 atom stereocenters. The minimum absolute atomic E-state index is 0.243. The van der Waals surface area contributed by atoms with Gasteiger partial charge in [-0.2, -0.15) is 0 Å². The number of aliphatic hydroxyl groups excluding tert-OH is 1. The Kier molecular flexibility index (Phi) is 14.3. The second-order valence-electron chi connectivity index (χ2n) is 6.66. The van der Waals surface area contributed by atoms with Gasteiger partial charge in [0, 0.05) is 6.42 Å². The van der Waals surface area contributed by atoms with E-state index in [-0.39, 0.29) is 6.42 Å². The maximum Gasteiger partial charge on any atom is 0.180 e. The number of unbranched alkanes of at least 4 members (excludes halogenated alkanes) is 12. The Morgan fingerprint density at radius 3 is 1.45 bits per heavy atom. The Morgan fingerprint density at radius 1 is 0.727 bits per heavy atom. The standard InChI is InChI=1S/C18H39NO3/c1-2-3-4-5-6-7-8-9-10-11-12-13-14-15-18(21,22)17(19)16-20/h17,20-22H,2-16,19H2,1H3/t17-/m0/s1. The summed E-state index contributed by atoms with van der Waals surface area (Å²) < 4.78 is 0. The van der Waals surface area contributed by atoms with Crippen LogP contribution in [0.15, 0.2) is 0 Å². The molecule has 22 heavy (non-hydrogen) atoms. The number of hydrogen-bond acceptors (Lipinski definition) is 4. The maximum atomic E-state index is 9.63. The van der Waals surface area contributed by atoms with Crippen LogP contribution >= 0.6 is 0 Å². The van der Waals surface area contributed by atoms with Gasteiger partial charge in [-0.05, 0) is 6.42 Å². The van der Waals surface area contributed by atoms with Crippen LogP contribution < -0.4 is 5.73 Å². The first kappa shape index (κ1) is 21.8. The fourth-order valence-corrected chi connectivity index (χ4v) is 2.73. The van der Waals surface area contributed by atoms with E-state index in [1.807, 2.05) is 0 Å². The van der Waals surface area contributed by atoms with Crippen LogP contribution in [-0.4, -0.2) is 33.8 Å². The Balaban J connectivity index is 3.24. The lowest BCUT2D eigenvalue weighted by molar-refractivity contribution is -0.187. The monoisotopic (exact) mass is 317 g/mol. The van der Waals surface area contributed by atoms with Crippen molar-refractivity contribution in [1.29, 1.82) is 0 Å². The molecule has 0 radical (unpaired) electrons. The third-order valence-electron chi connectivity index (χ3n) is 4.44. The Bertz CT molecular complexity index is 234. The molecule has 0 aromatic rings. The summed E-state index contributed by atoms with van der Waals surface area (Å²) in [5.41, 5.74) is 5.45. The average Bonchev–Trinajstić information content (AvgIpc) is 2.50. The molecule has 0 unspecified atom stereocenters. The molecular weight excluding hydrogens is 278 g/mol. The van der Waals surface area contributed by atoms with Gasteiger partial charge < -0.3 is 21.1 Å². The van der Waals surface area contributed by atoms with Gasteiger partial charge in [-0.25, -0.2) is 0 Å². The lowest BCUT2D eigenvalue weighted by Gasteiger charge is -2.26. The molecule has 0 aliphatic heterocycles. The van der Waals surface area contributed by atoms with E-state index in [2.05, 4.69) is 6.92 Å². The van der Waals surface area contributed by atoms with Crippen LogP contribution in [0.2, 0.25) is 0 Å². The highest BCUT2D eigenvalue weighted by atomic mass is 16.5. The Morgan fingerprint density at radius 2 is 1.09 bits per heavy atom. The molecule has 0 aromatic carbocycles. The molecule has 4 heteroatoms. The van der Waals surface area contributed by atoms with Crippen molar-refractivity contribution in [3.63, 3.8) is 0 Å². The van der Waals surface area contributed by atoms with E-state index in [1.165, 1.54) is 64.2 Å². The molecule has 0 aliphatic rings. The summed E-state index contributed by atoms with van der Waals surface area (Å²) in [6, 6.07) is -0.968. The zero-order chi connectivity index (χ0) is 16.7.